The van der Waals surface area contributed by atoms with Crippen molar-refractivity contribution < 1.29 is 23.9 Å². The molecule has 0 aromatic heterocycles. The van der Waals surface area contributed by atoms with Gasteiger partial charge in [0.25, 0.3) is 5.91 Å². The summed E-state index contributed by atoms with van der Waals surface area (Å²) in [7, 11) is 0. The minimum Gasteiger partial charge on any atom is -0.480 e. The van der Waals surface area contributed by atoms with E-state index in [1.165, 1.54) is 18.2 Å². The third-order valence-corrected chi connectivity index (χ3v) is 2.40. The predicted molar refractivity (Wildman–Crippen MR) is 63.7 cm³/mol. The Morgan fingerprint density at radius 3 is 2.47 bits per heavy atom. The van der Waals surface area contributed by atoms with E-state index in [2.05, 4.69) is 5.32 Å². The molecule has 19 heavy (non-hydrogen) atoms. The van der Waals surface area contributed by atoms with Crippen molar-refractivity contribution in [1.29, 1.82) is 0 Å². The van der Waals surface area contributed by atoms with Gasteiger partial charge >= 0.3 is 5.97 Å². The number of carbonyl (C=O) groups is 3. The lowest BCUT2D eigenvalue weighted by molar-refractivity contribution is -0.139. The summed E-state index contributed by atoms with van der Waals surface area (Å²) < 4.78 is 13.3. The van der Waals surface area contributed by atoms with Crippen molar-refractivity contribution in [3.8, 4) is 0 Å². The molecule has 0 aliphatic rings. The average molecular weight is 268 g/mol. The second-order valence-electron chi connectivity index (χ2n) is 3.85. The molecular weight excluding hydrogens is 255 g/mol. The Kier molecular flexibility index (Phi) is 4.99. The summed E-state index contributed by atoms with van der Waals surface area (Å²) in [4.78, 5) is 33.2. The number of benzene rings is 1. The number of halogens is 1. The van der Waals surface area contributed by atoms with Gasteiger partial charge in [-0.15, -0.1) is 0 Å². The molecule has 1 rings (SSSR count). The van der Waals surface area contributed by atoms with Crippen molar-refractivity contribution in [2.24, 2.45) is 5.73 Å². The van der Waals surface area contributed by atoms with E-state index in [9.17, 15) is 18.8 Å². The molecule has 0 aliphatic heterocycles. The number of carboxylic acids is 1. The standard InChI is InChI=1S/C12H13FN2O4/c13-8-4-2-1-3-7(8)11(17)15-9(12(18)19)5-6-10(14)16/h1-4,9H,5-6H2,(H2,14,16)(H,15,17)(H,18,19)/t9-/m1/s1. The topological polar surface area (TPSA) is 109 Å². The molecule has 0 saturated heterocycles. The van der Waals surface area contributed by atoms with Gasteiger partial charge in [0.15, 0.2) is 0 Å². The molecule has 6 nitrogen and oxygen atoms in total. The smallest absolute Gasteiger partial charge is 0.326 e. The fraction of sp³-hybridized carbons (Fsp3) is 0.250. The maximum atomic E-state index is 13.3. The Morgan fingerprint density at radius 1 is 1.32 bits per heavy atom. The molecule has 1 aromatic carbocycles. The molecule has 102 valence electrons. The number of amides is 2. The number of aliphatic carboxylic acids is 1. The molecule has 0 fully saturated rings. The van der Waals surface area contributed by atoms with Gasteiger partial charge in [0.05, 0.1) is 5.56 Å². The summed E-state index contributed by atoms with van der Waals surface area (Å²) >= 11 is 0. The third kappa shape index (κ3) is 4.38. The van der Waals surface area contributed by atoms with Crippen molar-refractivity contribution in [1.82, 2.24) is 5.32 Å². The van der Waals surface area contributed by atoms with Gasteiger partial charge in [0.2, 0.25) is 5.91 Å². The molecular formula is C12H13FN2O4. The van der Waals surface area contributed by atoms with Gasteiger partial charge in [-0.05, 0) is 18.6 Å². The summed E-state index contributed by atoms with van der Waals surface area (Å²) in [6.07, 6.45) is -0.334. The van der Waals surface area contributed by atoms with Crippen molar-refractivity contribution in [2.45, 2.75) is 18.9 Å². The van der Waals surface area contributed by atoms with Crippen LogP contribution in [0.5, 0.6) is 0 Å². The first-order valence-electron chi connectivity index (χ1n) is 5.48. The second-order valence-corrected chi connectivity index (χ2v) is 3.85. The minimum absolute atomic E-state index is 0.148. The first kappa shape index (κ1) is 14.6. The van der Waals surface area contributed by atoms with Gasteiger partial charge in [-0.2, -0.15) is 0 Å². The Balaban J connectivity index is 2.74. The summed E-state index contributed by atoms with van der Waals surface area (Å²) in [5.41, 5.74) is 4.65. The Bertz CT molecular complexity index is 504. The molecule has 4 N–H and O–H groups in total. The molecule has 1 aromatic rings. The molecule has 0 saturated carbocycles. The highest BCUT2D eigenvalue weighted by atomic mass is 19.1. The lowest BCUT2D eigenvalue weighted by Gasteiger charge is -2.13. The van der Waals surface area contributed by atoms with Crippen LogP contribution in [0.25, 0.3) is 0 Å². The van der Waals surface area contributed by atoms with Crippen LogP contribution < -0.4 is 11.1 Å². The molecule has 0 spiro atoms. The summed E-state index contributed by atoms with van der Waals surface area (Å²) in [5.74, 6) is -3.59. The fourth-order valence-electron chi connectivity index (χ4n) is 1.43. The average Bonchev–Trinajstić information content (AvgIpc) is 2.34. The zero-order chi connectivity index (χ0) is 14.4. The van der Waals surface area contributed by atoms with E-state index in [1.54, 1.807) is 0 Å². The lowest BCUT2D eigenvalue weighted by atomic mass is 10.1. The van der Waals surface area contributed by atoms with Crippen LogP contribution >= 0.6 is 0 Å². The molecule has 0 aliphatic carbocycles. The number of carboxylic acid groups (broad SMARTS) is 1. The molecule has 0 heterocycles. The summed E-state index contributed by atoms with van der Waals surface area (Å²) in [5, 5.41) is 11.0. The Hall–Kier alpha value is -2.44. The molecule has 0 bridgehead atoms. The highest BCUT2D eigenvalue weighted by Crippen LogP contribution is 2.07. The van der Waals surface area contributed by atoms with E-state index < -0.39 is 29.6 Å². The number of rotatable bonds is 6. The number of nitrogens with one attached hydrogen (secondary N) is 1. The summed E-state index contributed by atoms with van der Waals surface area (Å²) in [6.45, 7) is 0. The first-order valence-corrected chi connectivity index (χ1v) is 5.48. The number of hydrogen-bond donors (Lipinski definition) is 3. The van der Waals surface area contributed by atoms with Crippen LogP contribution in [0.2, 0.25) is 0 Å². The van der Waals surface area contributed by atoms with Crippen LogP contribution in [0.1, 0.15) is 23.2 Å². The predicted octanol–water partition coefficient (Wildman–Crippen LogP) is 0.274. The first-order chi connectivity index (χ1) is 8.91. The second kappa shape index (κ2) is 6.48. The zero-order valence-corrected chi connectivity index (χ0v) is 9.93. The van der Waals surface area contributed by atoms with E-state index >= 15 is 0 Å². The number of hydrogen-bond acceptors (Lipinski definition) is 3. The Labute approximate surface area is 108 Å². The number of nitrogens with two attached hydrogens (primary N) is 1. The third-order valence-electron chi connectivity index (χ3n) is 2.40. The van der Waals surface area contributed by atoms with E-state index in [-0.39, 0.29) is 18.4 Å². The van der Waals surface area contributed by atoms with E-state index in [1.807, 2.05) is 0 Å². The minimum atomic E-state index is -1.31. The monoisotopic (exact) mass is 268 g/mol. The fourth-order valence-corrected chi connectivity index (χ4v) is 1.43. The van der Waals surface area contributed by atoms with Crippen LogP contribution in [-0.4, -0.2) is 28.9 Å². The lowest BCUT2D eigenvalue weighted by Crippen LogP contribution is -2.41. The summed E-state index contributed by atoms with van der Waals surface area (Å²) in [6, 6.07) is 3.90. The van der Waals surface area contributed by atoms with Gasteiger partial charge in [-0.25, -0.2) is 9.18 Å². The molecule has 7 heteroatoms. The van der Waals surface area contributed by atoms with E-state index in [0.29, 0.717) is 0 Å². The van der Waals surface area contributed by atoms with Gasteiger partial charge in [-0.3, -0.25) is 9.59 Å². The van der Waals surface area contributed by atoms with E-state index in [0.717, 1.165) is 6.07 Å². The molecule has 0 unspecified atom stereocenters. The van der Waals surface area contributed by atoms with Gasteiger partial charge in [-0.1, -0.05) is 12.1 Å². The van der Waals surface area contributed by atoms with Crippen LogP contribution in [0.15, 0.2) is 24.3 Å². The van der Waals surface area contributed by atoms with Crippen molar-refractivity contribution in [3.05, 3.63) is 35.6 Å². The normalized spacial score (nSPS) is 11.6. The van der Waals surface area contributed by atoms with Crippen LogP contribution in [0.3, 0.4) is 0 Å². The van der Waals surface area contributed by atoms with Crippen molar-refractivity contribution >= 4 is 17.8 Å². The van der Waals surface area contributed by atoms with E-state index in [4.69, 9.17) is 10.8 Å². The largest absolute Gasteiger partial charge is 0.480 e. The van der Waals surface area contributed by atoms with Crippen molar-refractivity contribution in [3.63, 3.8) is 0 Å². The maximum Gasteiger partial charge on any atom is 0.326 e. The zero-order valence-electron chi connectivity index (χ0n) is 9.93. The van der Waals surface area contributed by atoms with Gasteiger partial charge < -0.3 is 16.2 Å². The quantitative estimate of drug-likeness (QED) is 0.688. The molecule has 0 radical (unpaired) electrons. The Morgan fingerprint density at radius 2 is 1.95 bits per heavy atom. The van der Waals surface area contributed by atoms with Gasteiger partial charge in [0, 0.05) is 6.42 Å². The highest BCUT2D eigenvalue weighted by molar-refractivity contribution is 5.96. The van der Waals surface area contributed by atoms with Gasteiger partial charge in [0.1, 0.15) is 11.9 Å². The molecule has 2 amide bonds. The highest BCUT2D eigenvalue weighted by Gasteiger charge is 2.22. The SMILES string of the molecule is NC(=O)CC[C@@H](NC(=O)c1ccccc1F)C(=O)O. The van der Waals surface area contributed by atoms with Crippen LogP contribution in [0.4, 0.5) is 4.39 Å². The molecule has 1 atom stereocenters. The number of carbonyl (C=O) groups excluding carboxylic acids is 2. The van der Waals surface area contributed by atoms with Crippen LogP contribution in [0, 0.1) is 5.82 Å². The van der Waals surface area contributed by atoms with Crippen molar-refractivity contribution in [2.75, 3.05) is 0 Å². The number of primary amides is 1. The maximum absolute atomic E-state index is 13.3. The van der Waals surface area contributed by atoms with Crippen LogP contribution in [-0.2, 0) is 9.59 Å².